The summed E-state index contributed by atoms with van der Waals surface area (Å²) in [5, 5.41) is 16.1. The van der Waals surface area contributed by atoms with Gasteiger partial charge in [-0.15, -0.1) is 11.3 Å². The number of para-hydroxylation sites is 1. The topological polar surface area (TPSA) is 85.1 Å². The molecule has 0 unspecified atom stereocenters. The van der Waals surface area contributed by atoms with Crippen molar-refractivity contribution in [2.45, 2.75) is 13.5 Å². The normalized spacial score (nSPS) is 10.2. The molecule has 0 aliphatic carbocycles. The summed E-state index contributed by atoms with van der Waals surface area (Å²) in [6.45, 7) is 2.13. The number of hydrogen-bond donors (Lipinski definition) is 1. The number of rotatable bonds is 4. The van der Waals surface area contributed by atoms with Gasteiger partial charge in [-0.05, 0) is 13.0 Å². The molecular weight excluding hydrogens is 266 g/mol. The smallest absolute Gasteiger partial charge is 0.282 e. The third-order valence-corrected chi connectivity index (χ3v) is 3.38. The average Bonchev–Trinajstić information content (AvgIpc) is 2.81. The van der Waals surface area contributed by atoms with Crippen molar-refractivity contribution in [3.8, 4) is 0 Å². The number of hydrogen-bond acceptors (Lipinski definition) is 5. The predicted octanol–water partition coefficient (Wildman–Crippen LogP) is 2.29. The van der Waals surface area contributed by atoms with Crippen molar-refractivity contribution < 1.29 is 9.72 Å². The third-order valence-electron chi connectivity index (χ3n) is 2.41. The minimum Gasteiger partial charge on any atom is -0.345 e. The van der Waals surface area contributed by atoms with E-state index in [1.165, 1.54) is 29.5 Å². The maximum atomic E-state index is 11.9. The van der Waals surface area contributed by atoms with Gasteiger partial charge in [-0.2, -0.15) is 0 Å². The van der Waals surface area contributed by atoms with E-state index in [9.17, 15) is 14.9 Å². The monoisotopic (exact) mass is 277 g/mol. The number of carbonyl (C=O) groups excluding carboxylic acids is 1. The molecule has 1 aromatic carbocycles. The minimum absolute atomic E-state index is 0.0563. The molecule has 0 fully saturated rings. The van der Waals surface area contributed by atoms with E-state index in [-0.39, 0.29) is 17.8 Å². The van der Waals surface area contributed by atoms with Crippen LogP contribution in [0.1, 0.15) is 21.1 Å². The Hall–Kier alpha value is -2.28. The lowest BCUT2D eigenvalue weighted by Gasteiger charge is -2.03. The lowest BCUT2D eigenvalue weighted by Crippen LogP contribution is -2.23. The molecule has 1 amide bonds. The molecule has 19 heavy (non-hydrogen) atoms. The highest BCUT2D eigenvalue weighted by atomic mass is 32.1. The van der Waals surface area contributed by atoms with Crippen molar-refractivity contribution in [2.75, 3.05) is 0 Å². The van der Waals surface area contributed by atoms with Crippen molar-refractivity contribution in [2.24, 2.45) is 0 Å². The van der Waals surface area contributed by atoms with Gasteiger partial charge in [0.05, 0.1) is 11.5 Å². The molecule has 7 heteroatoms. The molecular formula is C12H11N3O3S. The highest BCUT2D eigenvalue weighted by molar-refractivity contribution is 7.09. The van der Waals surface area contributed by atoms with E-state index in [1.54, 1.807) is 6.07 Å². The minimum atomic E-state index is -0.567. The Labute approximate surface area is 113 Å². The lowest BCUT2D eigenvalue weighted by molar-refractivity contribution is -0.385. The summed E-state index contributed by atoms with van der Waals surface area (Å²) >= 11 is 1.44. The number of amides is 1. The maximum absolute atomic E-state index is 11.9. The number of nitro groups is 1. The van der Waals surface area contributed by atoms with Crippen LogP contribution in [0.4, 0.5) is 5.69 Å². The van der Waals surface area contributed by atoms with E-state index < -0.39 is 10.8 Å². The number of thiazole rings is 1. The number of nitrogens with zero attached hydrogens (tertiary/aromatic N) is 2. The molecule has 0 aliphatic heterocycles. The number of nitro benzene ring substituents is 1. The van der Waals surface area contributed by atoms with Crippen LogP contribution in [0.5, 0.6) is 0 Å². The number of nitrogens with one attached hydrogen (secondary N) is 1. The van der Waals surface area contributed by atoms with Gasteiger partial charge in [-0.3, -0.25) is 14.9 Å². The fourth-order valence-corrected chi connectivity index (χ4v) is 2.27. The Bertz CT molecular complexity index is 624. The molecule has 1 aromatic heterocycles. The molecule has 98 valence electrons. The fraction of sp³-hybridized carbons (Fsp3) is 0.167. The molecule has 1 heterocycles. The van der Waals surface area contributed by atoms with Crippen LogP contribution in [-0.4, -0.2) is 15.8 Å². The Kier molecular flexibility index (Phi) is 3.86. The summed E-state index contributed by atoms with van der Waals surface area (Å²) in [5.74, 6) is -0.472. The first-order chi connectivity index (χ1) is 9.08. The Morgan fingerprint density at radius 3 is 2.84 bits per heavy atom. The van der Waals surface area contributed by atoms with Crippen LogP contribution in [0.2, 0.25) is 0 Å². The van der Waals surface area contributed by atoms with Gasteiger partial charge in [0.1, 0.15) is 10.6 Å². The molecule has 0 spiro atoms. The Morgan fingerprint density at radius 2 is 2.21 bits per heavy atom. The number of benzene rings is 1. The highest BCUT2D eigenvalue weighted by Gasteiger charge is 2.18. The quantitative estimate of drug-likeness (QED) is 0.686. The second kappa shape index (κ2) is 5.57. The first kappa shape index (κ1) is 13.2. The van der Waals surface area contributed by atoms with Crippen LogP contribution >= 0.6 is 11.3 Å². The third kappa shape index (κ3) is 3.14. The Balaban J connectivity index is 2.10. The molecule has 2 aromatic rings. The second-order valence-electron chi connectivity index (χ2n) is 3.84. The molecule has 0 bridgehead atoms. The van der Waals surface area contributed by atoms with Crippen LogP contribution in [-0.2, 0) is 6.54 Å². The summed E-state index contributed by atoms with van der Waals surface area (Å²) in [6.07, 6.45) is 0. The van der Waals surface area contributed by atoms with Crippen molar-refractivity contribution >= 4 is 22.9 Å². The average molecular weight is 277 g/mol. The van der Waals surface area contributed by atoms with Gasteiger partial charge in [0.2, 0.25) is 0 Å². The van der Waals surface area contributed by atoms with Gasteiger partial charge >= 0.3 is 0 Å². The van der Waals surface area contributed by atoms with E-state index >= 15 is 0 Å². The molecule has 0 atom stereocenters. The summed E-state index contributed by atoms with van der Waals surface area (Å²) in [5.41, 5.74) is 0.746. The summed E-state index contributed by atoms with van der Waals surface area (Å²) in [6, 6.07) is 5.86. The van der Waals surface area contributed by atoms with Crippen molar-refractivity contribution in [3.05, 3.63) is 56.0 Å². The van der Waals surface area contributed by atoms with Gasteiger partial charge < -0.3 is 5.32 Å². The molecule has 6 nitrogen and oxygen atoms in total. The van der Waals surface area contributed by atoms with Gasteiger partial charge in [0.15, 0.2) is 0 Å². The van der Waals surface area contributed by atoms with E-state index in [0.717, 1.165) is 10.7 Å². The van der Waals surface area contributed by atoms with Crippen LogP contribution in [0, 0.1) is 17.0 Å². The zero-order chi connectivity index (χ0) is 13.8. The van der Waals surface area contributed by atoms with E-state index in [4.69, 9.17) is 0 Å². The lowest BCUT2D eigenvalue weighted by atomic mass is 10.1. The van der Waals surface area contributed by atoms with E-state index in [0.29, 0.717) is 0 Å². The number of aryl methyl sites for hydroxylation is 1. The zero-order valence-electron chi connectivity index (χ0n) is 10.1. The van der Waals surface area contributed by atoms with Gasteiger partial charge in [0.25, 0.3) is 11.6 Å². The summed E-state index contributed by atoms with van der Waals surface area (Å²) in [7, 11) is 0. The van der Waals surface area contributed by atoms with Crippen molar-refractivity contribution in [3.63, 3.8) is 0 Å². The fourth-order valence-electron chi connectivity index (χ4n) is 1.56. The number of carbonyl (C=O) groups is 1. The molecule has 0 saturated carbocycles. The van der Waals surface area contributed by atoms with Gasteiger partial charge in [-0.25, -0.2) is 4.98 Å². The molecule has 2 rings (SSSR count). The zero-order valence-corrected chi connectivity index (χ0v) is 10.9. The SMILES string of the molecule is Cc1csc(CNC(=O)c2ccccc2[N+](=O)[O-])n1. The Morgan fingerprint density at radius 1 is 1.47 bits per heavy atom. The molecule has 0 saturated heterocycles. The maximum Gasteiger partial charge on any atom is 0.282 e. The van der Waals surface area contributed by atoms with Gasteiger partial charge in [-0.1, -0.05) is 12.1 Å². The largest absolute Gasteiger partial charge is 0.345 e. The van der Waals surface area contributed by atoms with Crippen molar-refractivity contribution in [1.29, 1.82) is 0 Å². The van der Waals surface area contributed by atoms with Gasteiger partial charge in [0, 0.05) is 17.1 Å². The van der Waals surface area contributed by atoms with E-state index in [1.807, 2.05) is 12.3 Å². The number of aromatic nitrogens is 1. The predicted molar refractivity (Wildman–Crippen MR) is 71.1 cm³/mol. The first-order valence-corrected chi connectivity index (χ1v) is 6.38. The van der Waals surface area contributed by atoms with Crippen LogP contribution in [0.15, 0.2) is 29.6 Å². The first-order valence-electron chi connectivity index (χ1n) is 5.50. The summed E-state index contributed by atoms with van der Waals surface area (Å²) < 4.78 is 0. The molecule has 0 aliphatic rings. The van der Waals surface area contributed by atoms with Crippen LogP contribution in [0.25, 0.3) is 0 Å². The summed E-state index contributed by atoms with van der Waals surface area (Å²) in [4.78, 5) is 26.4. The standard InChI is InChI=1S/C12H11N3O3S/c1-8-7-19-11(14-8)6-13-12(16)9-4-2-3-5-10(9)15(17)18/h2-5,7H,6H2,1H3,(H,13,16). The second-order valence-corrected chi connectivity index (χ2v) is 4.78. The molecule has 0 radical (unpaired) electrons. The van der Waals surface area contributed by atoms with E-state index in [2.05, 4.69) is 10.3 Å². The van der Waals surface area contributed by atoms with Crippen molar-refractivity contribution in [1.82, 2.24) is 10.3 Å². The van der Waals surface area contributed by atoms with Crippen LogP contribution in [0.3, 0.4) is 0 Å². The molecule has 1 N–H and O–H groups in total. The van der Waals surface area contributed by atoms with Crippen LogP contribution < -0.4 is 5.32 Å². The highest BCUT2D eigenvalue weighted by Crippen LogP contribution is 2.17.